The van der Waals surface area contributed by atoms with Gasteiger partial charge in [0.05, 0.1) is 25.7 Å². The van der Waals surface area contributed by atoms with E-state index < -0.39 is 11.9 Å². The molecule has 0 aliphatic heterocycles. The van der Waals surface area contributed by atoms with E-state index >= 15 is 0 Å². The average Bonchev–Trinajstić information content (AvgIpc) is 3.13. The molecule has 0 amide bonds. The van der Waals surface area contributed by atoms with Crippen LogP contribution in [0.4, 0.5) is 0 Å². The van der Waals surface area contributed by atoms with Gasteiger partial charge in [0, 0.05) is 10.9 Å². The highest BCUT2D eigenvalue weighted by Gasteiger charge is 2.33. The van der Waals surface area contributed by atoms with Crippen LogP contribution in [0.3, 0.4) is 0 Å². The number of carbonyl (C=O) groups excluding carboxylic acids is 3. The van der Waals surface area contributed by atoms with E-state index in [1.807, 2.05) is 0 Å². The van der Waals surface area contributed by atoms with E-state index in [1.165, 1.54) is 19.6 Å². The minimum absolute atomic E-state index is 0.0458. The van der Waals surface area contributed by atoms with Crippen molar-refractivity contribution >= 4 is 29.1 Å². The second-order valence-electron chi connectivity index (χ2n) is 3.84. The molecule has 0 unspecified atom stereocenters. The summed E-state index contributed by atoms with van der Waals surface area (Å²) in [6, 6.07) is 0. The van der Waals surface area contributed by atoms with Gasteiger partial charge in [-0.2, -0.15) is 0 Å². The Morgan fingerprint density at radius 2 is 1.60 bits per heavy atom. The molecule has 0 spiro atoms. The number of carbonyl (C=O) groups is 3. The highest BCUT2D eigenvalue weighted by Crippen LogP contribution is 2.32. The molecule has 0 saturated heterocycles. The van der Waals surface area contributed by atoms with Crippen molar-refractivity contribution in [1.29, 1.82) is 0 Å². The van der Waals surface area contributed by atoms with Gasteiger partial charge in [0.1, 0.15) is 4.88 Å². The van der Waals surface area contributed by atoms with Crippen LogP contribution in [0.1, 0.15) is 30.4 Å². The van der Waals surface area contributed by atoms with Gasteiger partial charge in [-0.15, -0.1) is 11.3 Å². The van der Waals surface area contributed by atoms with Crippen molar-refractivity contribution in [2.24, 2.45) is 0 Å². The first-order valence-corrected chi connectivity index (χ1v) is 6.52. The van der Waals surface area contributed by atoms with E-state index in [-0.39, 0.29) is 21.8 Å². The lowest BCUT2D eigenvalue weighted by Crippen LogP contribution is -2.16. The highest BCUT2D eigenvalue weighted by molar-refractivity contribution is 7.12. The Labute approximate surface area is 120 Å². The molecule has 2 rings (SSSR count). The molecule has 5 nitrogen and oxygen atoms in total. The van der Waals surface area contributed by atoms with Crippen LogP contribution < -0.4 is 0 Å². The Bertz CT molecular complexity index is 540. The quantitative estimate of drug-likeness (QED) is 0.626. The van der Waals surface area contributed by atoms with Crippen LogP contribution in [0.15, 0.2) is 5.38 Å². The molecule has 1 saturated carbocycles. The Hall–Kier alpha value is -1.69. The molecule has 5 radical (unpaired) electrons. The maximum Gasteiger partial charge on any atom is 0.348 e. The third-order valence-electron chi connectivity index (χ3n) is 2.72. The van der Waals surface area contributed by atoms with Gasteiger partial charge in [0.15, 0.2) is 5.78 Å². The monoisotopic (exact) mass is 291 g/mol. The topological polar surface area (TPSA) is 69.7 Å². The smallest absolute Gasteiger partial charge is 0.348 e. The molecular formula is C14H11O5S. The first kappa shape index (κ1) is 14.7. The fraction of sp³-hybridized carbons (Fsp3) is 0.143. The van der Waals surface area contributed by atoms with Gasteiger partial charge in [0.2, 0.25) is 0 Å². The molecule has 0 atom stereocenters. The Kier molecular flexibility index (Phi) is 4.54. The molecule has 1 aliphatic rings. The van der Waals surface area contributed by atoms with E-state index in [2.05, 4.69) is 9.47 Å². The molecule has 1 aromatic heterocycles. The lowest BCUT2D eigenvalue weighted by Gasteiger charge is -2.08. The summed E-state index contributed by atoms with van der Waals surface area (Å²) in [4.78, 5) is 35.9. The van der Waals surface area contributed by atoms with Crippen molar-refractivity contribution in [1.82, 2.24) is 0 Å². The number of methoxy groups -OCH3 is 2. The number of rotatable bonds is 4. The van der Waals surface area contributed by atoms with Crippen LogP contribution in [0.2, 0.25) is 0 Å². The van der Waals surface area contributed by atoms with Crippen LogP contribution in [-0.4, -0.2) is 31.9 Å². The summed E-state index contributed by atoms with van der Waals surface area (Å²) in [5.41, 5.74) is 0.101. The summed E-state index contributed by atoms with van der Waals surface area (Å²) in [5, 5.41) is 1.47. The number of thiophene rings is 1. The number of hydrogen-bond donors (Lipinski definition) is 0. The Morgan fingerprint density at radius 1 is 1.00 bits per heavy atom. The zero-order valence-corrected chi connectivity index (χ0v) is 11.7. The van der Waals surface area contributed by atoms with Crippen molar-refractivity contribution in [2.75, 3.05) is 14.2 Å². The minimum Gasteiger partial charge on any atom is -0.465 e. The first-order valence-electron chi connectivity index (χ1n) is 5.64. The number of Topliss-reactive ketones (excluding diaryl/α,β-unsaturated/α-hetero) is 1. The van der Waals surface area contributed by atoms with Crippen molar-refractivity contribution in [3.05, 3.63) is 53.0 Å². The normalized spacial score (nSPS) is 15.1. The Balaban J connectivity index is 2.42. The van der Waals surface area contributed by atoms with Gasteiger partial charge in [-0.25, -0.2) is 9.59 Å². The summed E-state index contributed by atoms with van der Waals surface area (Å²) in [6.07, 6.45) is 6.72. The van der Waals surface area contributed by atoms with Gasteiger partial charge >= 0.3 is 11.9 Å². The van der Waals surface area contributed by atoms with E-state index in [9.17, 15) is 14.4 Å². The number of hydrogen-bond acceptors (Lipinski definition) is 6. The zero-order chi connectivity index (χ0) is 14.7. The van der Waals surface area contributed by atoms with Gasteiger partial charge < -0.3 is 9.47 Å². The van der Waals surface area contributed by atoms with Crippen molar-refractivity contribution in [3.63, 3.8) is 0 Å². The highest BCUT2D eigenvalue weighted by atomic mass is 32.1. The van der Waals surface area contributed by atoms with Gasteiger partial charge in [-0.05, 0) is 25.7 Å². The molecule has 0 bridgehead atoms. The molecule has 0 aromatic carbocycles. The van der Waals surface area contributed by atoms with Crippen molar-refractivity contribution in [3.8, 4) is 0 Å². The zero-order valence-electron chi connectivity index (χ0n) is 10.8. The number of ketones is 1. The third-order valence-corrected chi connectivity index (χ3v) is 3.68. The van der Waals surface area contributed by atoms with Gasteiger partial charge in [0.25, 0.3) is 0 Å². The maximum absolute atomic E-state index is 12.3. The molecule has 1 fully saturated rings. The van der Waals surface area contributed by atoms with Crippen molar-refractivity contribution < 1.29 is 23.9 Å². The second kappa shape index (κ2) is 6.17. The van der Waals surface area contributed by atoms with Crippen LogP contribution in [-0.2, 0) is 9.47 Å². The molecule has 1 aliphatic carbocycles. The second-order valence-corrected chi connectivity index (χ2v) is 4.72. The molecule has 20 heavy (non-hydrogen) atoms. The molecule has 0 N–H and O–H groups in total. The SMILES string of the molecule is COC(=O)c1scc(C(=O)[C]2[CH][CH][CH][CH]2)c1C(=O)OC. The van der Waals surface area contributed by atoms with Crippen molar-refractivity contribution in [2.45, 2.75) is 0 Å². The fourth-order valence-electron chi connectivity index (χ4n) is 1.75. The summed E-state index contributed by atoms with van der Waals surface area (Å²) in [7, 11) is 2.40. The standard InChI is InChI=1S/C14H11O5S/c1-18-13(16)10-9(7-20-12(10)14(17)19-2)11(15)8-5-3-4-6-8/h3-7H,1-2H3. The predicted molar refractivity (Wildman–Crippen MR) is 71.8 cm³/mol. The lowest BCUT2D eigenvalue weighted by molar-refractivity contribution is 0.0558. The molecule has 1 aromatic rings. The van der Waals surface area contributed by atoms with E-state index in [1.54, 1.807) is 25.7 Å². The maximum atomic E-state index is 12.3. The Morgan fingerprint density at radius 3 is 2.15 bits per heavy atom. The van der Waals surface area contributed by atoms with E-state index in [0.29, 0.717) is 5.92 Å². The molecule has 1 heterocycles. The van der Waals surface area contributed by atoms with Crippen LogP contribution in [0, 0.1) is 31.6 Å². The number of ether oxygens (including phenoxy) is 2. The van der Waals surface area contributed by atoms with Crippen LogP contribution >= 0.6 is 11.3 Å². The first-order chi connectivity index (χ1) is 9.60. The predicted octanol–water partition coefficient (Wildman–Crippen LogP) is 1.91. The molecule has 6 heteroatoms. The fourth-order valence-corrected chi connectivity index (χ4v) is 2.70. The lowest BCUT2D eigenvalue weighted by atomic mass is 9.95. The van der Waals surface area contributed by atoms with Gasteiger partial charge in [-0.1, -0.05) is 0 Å². The van der Waals surface area contributed by atoms with Crippen LogP contribution in [0.5, 0.6) is 0 Å². The average molecular weight is 291 g/mol. The van der Waals surface area contributed by atoms with Crippen LogP contribution in [0.25, 0.3) is 0 Å². The van der Waals surface area contributed by atoms with E-state index in [0.717, 1.165) is 11.3 Å². The molecular weight excluding hydrogens is 280 g/mol. The van der Waals surface area contributed by atoms with E-state index in [4.69, 9.17) is 0 Å². The number of esters is 2. The minimum atomic E-state index is -0.735. The largest absolute Gasteiger partial charge is 0.465 e. The third kappa shape index (κ3) is 2.60. The van der Waals surface area contributed by atoms with Gasteiger partial charge in [-0.3, -0.25) is 4.79 Å². The summed E-state index contributed by atoms with van der Waals surface area (Å²) >= 11 is 0.982. The summed E-state index contributed by atoms with van der Waals surface area (Å²) < 4.78 is 9.25. The summed E-state index contributed by atoms with van der Waals surface area (Å²) in [6.45, 7) is 0. The molecule has 103 valence electrons. The summed E-state index contributed by atoms with van der Waals surface area (Å²) in [5.74, 6) is -1.29.